The van der Waals surface area contributed by atoms with Gasteiger partial charge < -0.3 is 4.90 Å². The molecule has 0 radical (unpaired) electrons. The Hall–Kier alpha value is -2.35. The SMILES string of the molecule is C=C1C(=O)N2c3ccccc3C[C@@H]2[C@H]1c1ccc(C)cc1. The van der Waals surface area contributed by atoms with Gasteiger partial charge in [0, 0.05) is 17.2 Å². The number of rotatable bonds is 1. The number of anilines is 1. The Kier molecular flexibility index (Phi) is 2.55. The second-order valence-electron chi connectivity index (χ2n) is 5.99. The van der Waals surface area contributed by atoms with Gasteiger partial charge in [0.2, 0.25) is 0 Å². The van der Waals surface area contributed by atoms with Crippen molar-refractivity contribution in [1.82, 2.24) is 0 Å². The van der Waals surface area contributed by atoms with Crippen LogP contribution >= 0.6 is 0 Å². The zero-order valence-electron chi connectivity index (χ0n) is 12.0. The van der Waals surface area contributed by atoms with E-state index < -0.39 is 0 Å². The molecule has 2 aliphatic heterocycles. The van der Waals surface area contributed by atoms with Gasteiger partial charge in [-0.05, 0) is 30.5 Å². The maximum absolute atomic E-state index is 12.6. The van der Waals surface area contributed by atoms with E-state index >= 15 is 0 Å². The summed E-state index contributed by atoms with van der Waals surface area (Å²) in [5.74, 6) is 0.182. The van der Waals surface area contributed by atoms with Crippen molar-refractivity contribution in [2.45, 2.75) is 25.3 Å². The lowest BCUT2D eigenvalue weighted by Gasteiger charge is -2.20. The minimum absolute atomic E-state index is 0.0792. The van der Waals surface area contributed by atoms with Gasteiger partial charge in [0.05, 0.1) is 6.04 Å². The third-order valence-electron chi connectivity index (χ3n) is 4.70. The van der Waals surface area contributed by atoms with E-state index in [1.54, 1.807) is 0 Å². The minimum Gasteiger partial charge on any atom is -0.304 e. The van der Waals surface area contributed by atoms with Crippen LogP contribution in [0.1, 0.15) is 22.6 Å². The second kappa shape index (κ2) is 4.32. The molecule has 1 amide bonds. The molecule has 1 saturated heterocycles. The highest BCUT2D eigenvalue weighted by Gasteiger charge is 2.48. The molecule has 104 valence electrons. The van der Waals surface area contributed by atoms with Gasteiger partial charge in [-0.3, -0.25) is 4.79 Å². The third kappa shape index (κ3) is 1.69. The fourth-order valence-corrected chi connectivity index (χ4v) is 3.66. The van der Waals surface area contributed by atoms with Crippen LogP contribution in [0.25, 0.3) is 0 Å². The van der Waals surface area contributed by atoms with Crippen LogP contribution in [0.3, 0.4) is 0 Å². The average molecular weight is 275 g/mol. The molecule has 0 saturated carbocycles. The topological polar surface area (TPSA) is 20.3 Å². The minimum atomic E-state index is 0.0792. The van der Waals surface area contributed by atoms with Crippen molar-refractivity contribution in [3.8, 4) is 0 Å². The molecule has 2 heterocycles. The van der Waals surface area contributed by atoms with Crippen LogP contribution in [0, 0.1) is 6.92 Å². The quantitative estimate of drug-likeness (QED) is 0.728. The van der Waals surface area contributed by atoms with Crippen LogP contribution in [-0.4, -0.2) is 11.9 Å². The van der Waals surface area contributed by atoms with Gasteiger partial charge in [0.15, 0.2) is 0 Å². The fourth-order valence-electron chi connectivity index (χ4n) is 3.66. The highest BCUT2D eigenvalue weighted by Crippen LogP contribution is 2.47. The Morgan fingerprint density at radius 2 is 1.81 bits per heavy atom. The number of hydrogen-bond donors (Lipinski definition) is 0. The molecule has 0 bridgehead atoms. The lowest BCUT2D eigenvalue weighted by atomic mass is 9.86. The Morgan fingerprint density at radius 3 is 2.57 bits per heavy atom. The molecule has 2 aromatic rings. The van der Waals surface area contributed by atoms with Crippen LogP contribution in [0.15, 0.2) is 60.7 Å². The summed E-state index contributed by atoms with van der Waals surface area (Å²) >= 11 is 0. The number of aryl methyl sites for hydroxylation is 1. The molecular formula is C19H17NO. The first-order chi connectivity index (χ1) is 10.2. The molecule has 0 spiro atoms. The number of benzene rings is 2. The summed E-state index contributed by atoms with van der Waals surface area (Å²) in [7, 11) is 0. The van der Waals surface area contributed by atoms with Crippen molar-refractivity contribution in [3.63, 3.8) is 0 Å². The summed E-state index contributed by atoms with van der Waals surface area (Å²) in [4.78, 5) is 14.6. The number of carbonyl (C=O) groups is 1. The number of hydrogen-bond acceptors (Lipinski definition) is 1. The van der Waals surface area contributed by atoms with Gasteiger partial charge in [-0.15, -0.1) is 0 Å². The van der Waals surface area contributed by atoms with Crippen molar-refractivity contribution in [2.24, 2.45) is 0 Å². The van der Waals surface area contributed by atoms with E-state index in [0.717, 1.165) is 17.7 Å². The largest absolute Gasteiger partial charge is 0.304 e. The lowest BCUT2D eigenvalue weighted by molar-refractivity contribution is -0.114. The van der Waals surface area contributed by atoms with Gasteiger partial charge in [0.1, 0.15) is 0 Å². The first kappa shape index (κ1) is 12.4. The standard InChI is InChI=1S/C19H17NO/c1-12-7-9-14(10-8-12)18-13(2)19(21)20-16-6-4-3-5-15(16)11-17(18)20/h3-10,17-18H,2,11H2,1H3/t17-,18-/m1/s1. The van der Waals surface area contributed by atoms with Crippen molar-refractivity contribution >= 4 is 11.6 Å². The van der Waals surface area contributed by atoms with E-state index in [1.807, 2.05) is 23.1 Å². The molecule has 0 aliphatic carbocycles. The number of amides is 1. The maximum Gasteiger partial charge on any atom is 0.254 e. The molecule has 0 N–H and O–H groups in total. The molecule has 2 nitrogen and oxygen atoms in total. The lowest BCUT2D eigenvalue weighted by Crippen LogP contribution is -2.31. The van der Waals surface area contributed by atoms with Gasteiger partial charge in [-0.1, -0.05) is 54.6 Å². The van der Waals surface area contributed by atoms with Crippen molar-refractivity contribution in [1.29, 1.82) is 0 Å². The van der Waals surface area contributed by atoms with Crippen molar-refractivity contribution in [3.05, 3.63) is 77.4 Å². The molecule has 2 heteroatoms. The zero-order chi connectivity index (χ0) is 14.6. The summed E-state index contributed by atoms with van der Waals surface area (Å²) in [5, 5.41) is 0. The van der Waals surface area contributed by atoms with E-state index in [0.29, 0.717) is 0 Å². The van der Waals surface area contributed by atoms with E-state index in [1.165, 1.54) is 16.7 Å². The molecule has 0 aromatic heterocycles. The predicted octanol–water partition coefficient (Wildman–Crippen LogP) is 3.61. The maximum atomic E-state index is 12.6. The van der Waals surface area contributed by atoms with E-state index in [2.05, 4.69) is 43.8 Å². The van der Waals surface area contributed by atoms with Crippen LogP contribution in [-0.2, 0) is 11.2 Å². The molecule has 1 fully saturated rings. The Balaban J connectivity index is 1.80. The molecule has 2 aliphatic rings. The monoisotopic (exact) mass is 275 g/mol. The number of carbonyl (C=O) groups excluding carboxylic acids is 1. The highest BCUT2D eigenvalue weighted by atomic mass is 16.2. The first-order valence-electron chi connectivity index (χ1n) is 7.33. The normalized spacial score (nSPS) is 23.4. The molecule has 2 atom stereocenters. The molecule has 4 rings (SSSR count). The van der Waals surface area contributed by atoms with E-state index in [4.69, 9.17) is 0 Å². The molecule has 0 unspecified atom stereocenters. The van der Waals surface area contributed by atoms with Crippen LogP contribution in [0.2, 0.25) is 0 Å². The zero-order valence-corrected chi connectivity index (χ0v) is 12.0. The summed E-state index contributed by atoms with van der Waals surface area (Å²) in [5.41, 5.74) is 5.47. The fraction of sp³-hybridized carbons (Fsp3) is 0.211. The predicted molar refractivity (Wildman–Crippen MR) is 84.5 cm³/mol. The average Bonchev–Trinajstić information content (AvgIpc) is 2.97. The summed E-state index contributed by atoms with van der Waals surface area (Å²) < 4.78 is 0. The second-order valence-corrected chi connectivity index (χ2v) is 5.99. The molecular weight excluding hydrogens is 258 g/mol. The number of fused-ring (bicyclic) bond motifs is 3. The third-order valence-corrected chi connectivity index (χ3v) is 4.70. The summed E-state index contributed by atoms with van der Waals surface area (Å²) in [6.07, 6.45) is 0.916. The summed E-state index contributed by atoms with van der Waals surface area (Å²) in [6, 6.07) is 16.9. The van der Waals surface area contributed by atoms with Crippen LogP contribution < -0.4 is 4.90 Å². The van der Waals surface area contributed by atoms with Crippen molar-refractivity contribution in [2.75, 3.05) is 4.90 Å². The summed E-state index contributed by atoms with van der Waals surface area (Å²) in [6.45, 7) is 6.16. The number of para-hydroxylation sites is 1. The van der Waals surface area contributed by atoms with Gasteiger partial charge in [-0.2, -0.15) is 0 Å². The Labute approximate surface area is 124 Å². The van der Waals surface area contributed by atoms with E-state index in [9.17, 15) is 4.79 Å². The number of nitrogens with zero attached hydrogens (tertiary/aromatic N) is 1. The highest BCUT2D eigenvalue weighted by molar-refractivity contribution is 6.11. The van der Waals surface area contributed by atoms with Crippen molar-refractivity contribution < 1.29 is 4.79 Å². The molecule has 2 aromatic carbocycles. The van der Waals surface area contributed by atoms with Gasteiger partial charge >= 0.3 is 0 Å². The Morgan fingerprint density at radius 1 is 1.10 bits per heavy atom. The molecule has 21 heavy (non-hydrogen) atoms. The van der Waals surface area contributed by atoms with Crippen LogP contribution in [0.4, 0.5) is 5.69 Å². The van der Waals surface area contributed by atoms with Gasteiger partial charge in [0.25, 0.3) is 5.91 Å². The smallest absolute Gasteiger partial charge is 0.254 e. The Bertz CT molecular complexity index is 744. The van der Waals surface area contributed by atoms with Gasteiger partial charge in [-0.25, -0.2) is 0 Å². The van der Waals surface area contributed by atoms with Crippen LogP contribution in [0.5, 0.6) is 0 Å². The first-order valence-corrected chi connectivity index (χ1v) is 7.33. The van der Waals surface area contributed by atoms with E-state index in [-0.39, 0.29) is 17.9 Å².